The van der Waals surface area contributed by atoms with Crippen LogP contribution in [0.5, 0.6) is 0 Å². The Bertz CT molecular complexity index is 1180. The zero-order valence-corrected chi connectivity index (χ0v) is 18.5. The topological polar surface area (TPSA) is 73.4 Å². The van der Waals surface area contributed by atoms with Crippen LogP contribution in [0, 0.1) is 0 Å². The third kappa shape index (κ3) is 3.94. The van der Waals surface area contributed by atoms with E-state index in [1.807, 2.05) is 24.3 Å². The van der Waals surface area contributed by atoms with Crippen LogP contribution in [0.15, 0.2) is 52.8 Å². The number of benzene rings is 1. The maximum atomic E-state index is 14.9. The minimum atomic E-state index is -3.20. The first-order chi connectivity index (χ1) is 15.3. The van der Waals surface area contributed by atoms with E-state index in [9.17, 15) is 13.6 Å². The van der Waals surface area contributed by atoms with E-state index in [4.69, 9.17) is 22.1 Å². The Morgan fingerprint density at radius 2 is 2.03 bits per heavy atom. The summed E-state index contributed by atoms with van der Waals surface area (Å²) in [4.78, 5) is 19.2. The number of nitrogens with zero attached hydrogens (tertiary/aromatic N) is 3. The lowest BCUT2D eigenvalue weighted by molar-refractivity contribution is -0.119. The Kier molecular flexibility index (Phi) is 5.53. The number of anilines is 1. The molecule has 0 spiro atoms. The highest BCUT2D eigenvalue weighted by Crippen LogP contribution is 2.44. The highest BCUT2D eigenvalue weighted by molar-refractivity contribution is 7.10. The fraction of sp³-hybridized carbons (Fsp3) is 0.364. The van der Waals surface area contributed by atoms with Crippen molar-refractivity contribution in [1.29, 1.82) is 0 Å². The number of hydrogen-bond donors (Lipinski definition) is 1. The van der Waals surface area contributed by atoms with E-state index in [1.54, 1.807) is 11.3 Å². The first kappa shape index (κ1) is 21.5. The predicted octanol–water partition coefficient (Wildman–Crippen LogP) is 4.11. The molecule has 32 heavy (non-hydrogen) atoms. The molecule has 1 unspecified atom stereocenters. The van der Waals surface area contributed by atoms with Gasteiger partial charge in [-0.3, -0.25) is 9.47 Å². The summed E-state index contributed by atoms with van der Waals surface area (Å²) in [6, 6.07) is 11.0. The maximum absolute atomic E-state index is 14.9. The molecule has 1 fully saturated rings. The monoisotopic (exact) mass is 478 g/mol. The van der Waals surface area contributed by atoms with Gasteiger partial charge in [0, 0.05) is 35.6 Å². The van der Waals surface area contributed by atoms with E-state index in [0.717, 1.165) is 23.1 Å². The second-order valence-corrected chi connectivity index (χ2v) is 9.55. The van der Waals surface area contributed by atoms with Gasteiger partial charge in [0.15, 0.2) is 0 Å². The molecule has 3 aromatic rings. The number of rotatable bonds is 4. The molecule has 6 nitrogen and oxygen atoms in total. The van der Waals surface area contributed by atoms with Gasteiger partial charge in [0.2, 0.25) is 6.23 Å². The molecule has 2 aliphatic rings. The number of ether oxygens (including phenoxy) is 1. The number of alkyl halides is 2. The summed E-state index contributed by atoms with van der Waals surface area (Å²) in [5.74, 6) is -3.22. The minimum Gasteiger partial charge on any atom is -0.383 e. The molecule has 2 N–H and O–H groups in total. The van der Waals surface area contributed by atoms with Crippen LogP contribution in [0.3, 0.4) is 0 Å². The SMILES string of the molecule is Nc1ccn([C@@H]2O[C@H](CN3CCc4sccc4C3c3ccc(Cl)cc3)CC2(F)F)c(=O)n1. The Labute approximate surface area is 192 Å². The van der Waals surface area contributed by atoms with Gasteiger partial charge >= 0.3 is 5.69 Å². The normalized spacial score (nSPS) is 25.0. The molecule has 1 aromatic carbocycles. The summed E-state index contributed by atoms with van der Waals surface area (Å²) in [6.45, 7) is 1.03. The number of thiophene rings is 1. The van der Waals surface area contributed by atoms with Crippen molar-refractivity contribution >= 4 is 28.8 Å². The molecule has 0 aliphatic carbocycles. The van der Waals surface area contributed by atoms with Gasteiger partial charge in [-0.05, 0) is 47.2 Å². The van der Waals surface area contributed by atoms with Crippen LogP contribution in [-0.4, -0.2) is 39.6 Å². The van der Waals surface area contributed by atoms with Crippen molar-refractivity contribution in [1.82, 2.24) is 14.5 Å². The molecule has 10 heteroatoms. The molecule has 0 bridgehead atoms. The second kappa shape index (κ2) is 8.22. The molecule has 2 aliphatic heterocycles. The average molecular weight is 479 g/mol. The Hall–Kier alpha value is -2.33. The Balaban J connectivity index is 1.41. The maximum Gasteiger partial charge on any atom is 0.351 e. The lowest BCUT2D eigenvalue weighted by atomic mass is 9.93. The molecule has 1 saturated heterocycles. The van der Waals surface area contributed by atoms with E-state index < -0.39 is 30.4 Å². The van der Waals surface area contributed by atoms with Gasteiger partial charge in [0.05, 0.1) is 12.1 Å². The van der Waals surface area contributed by atoms with Crippen LogP contribution in [-0.2, 0) is 11.2 Å². The Morgan fingerprint density at radius 3 is 2.78 bits per heavy atom. The third-order valence-electron chi connectivity index (χ3n) is 5.98. The van der Waals surface area contributed by atoms with Crippen LogP contribution in [0.25, 0.3) is 0 Å². The molecule has 2 aromatic heterocycles. The Morgan fingerprint density at radius 1 is 1.25 bits per heavy atom. The molecule has 0 saturated carbocycles. The molecule has 168 valence electrons. The number of nitrogen functional groups attached to an aromatic ring is 1. The number of nitrogens with two attached hydrogens (primary N) is 1. The number of aromatic nitrogens is 2. The zero-order chi connectivity index (χ0) is 22.5. The molecular weight excluding hydrogens is 458 g/mol. The van der Waals surface area contributed by atoms with Crippen molar-refractivity contribution in [2.75, 3.05) is 18.8 Å². The van der Waals surface area contributed by atoms with Gasteiger partial charge in [0.25, 0.3) is 5.92 Å². The van der Waals surface area contributed by atoms with Gasteiger partial charge in [-0.15, -0.1) is 11.3 Å². The summed E-state index contributed by atoms with van der Waals surface area (Å²) in [6.07, 6.45) is -0.862. The van der Waals surface area contributed by atoms with E-state index in [0.29, 0.717) is 11.6 Å². The van der Waals surface area contributed by atoms with E-state index >= 15 is 0 Å². The summed E-state index contributed by atoms with van der Waals surface area (Å²) in [7, 11) is 0. The van der Waals surface area contributed by atoms with Crippen LogP contribution in [0.2, 0.25) is 5.02 Å². The van der Waals surface area contributed by atoms with Crippen molar-refractivity contribution in [2.24, 2.45) is 0 Å². The van der Waals surface area contributed by atoms with E-state index in [-0.39, 0.29) is 11.9 Å². The fourth-order valence-corrected chi connectivity index (χ4v) is 5.61. The lowest BCUT2D eigenvalue weighted by Gasteiger charge is -2.37. The summed E-state index contributed by atoms with van der Waals surface area (Å²) >= 11 is 7.79. The largest absolute Gasteiger partial charge is 0.383 e. The quantitative estimate of drug-likeness (QED) is 0.611. The smallest absolute Gasteiger partial charge is 0.351 e. The molecule has 3 atom stereocenters. The lowest BCUT2D eigenvalue weighted by Crippen LogP contribution is -2.40. The van der Waals surface area contributed by atoms with Crippen molar-refractivity contribution in [3.05, 3.63) is 79.5 Å². The summed E-state index contributed by atoms with van der Waals surface area (Å²) in [5, 5.41) is 2.71. The fourth-order valence-electron chi connectivity index (χ4n) is 4.58. The van der Waals surface area contributed by atoms with Gasteiger partial charge in [0.1, 0.15) is 5.82 Å². The van der Waals surface area contributed by atoms with Gasteiger partial charge < -0.3 is 10.5 Å². The van der Waals surface area contributed by atoms with Crippen molar-refractivity contribution < 1.29 is 13.5 Å². The van der Waals surface area contributed by atoms with E-state index in [2.05, 4.69) is 21.3 Å². The van der Waals surface area contributed by atoms with Crippen LogP contribution in [0.1, 0.15) is 34.7 Å². The van der Waals surface area contributed by atoms with E-state index in [1.165, 1.54) is 22.7 Å². The van der Waals surface area contributed by atoms with Crippen molar-refractivity contribution in [2.45, 2.75) is 37.1 Å². The van der Waals surface area contributed by atoms with Crippen LogP contribution >= 0.6 is 22.9 Å². The van der Waals surface area contributed by atoms with Gasteiger partial charge in [-0.1, -0.05) is 23.7 Å². The standard InChI is InChI=1S/C22H21ClF2N4O2S/c23-14-3-1-13(2-4-14)19-16-7-10-32-17(16)5-8-28(19)12-15-11-22(24,25)20(31-15)29-9-6-18(26)27-21(29)30/h1-4,6-7,9-10,15,19-20H,5,8,11-12H2,(H2,26,27,30)/t15-,19?,20+/m0/s1. The van der Waals surface area contributed by atoms with Crippen LogP contribution in [0.4, 0.5) is 14.6 Å². The molecule has 4 heterocycles. The van der Waals surface area contributed by atoms with Crippen molar-refractivity contribution in [3.8, 4) is 0 Å². The second-order valence-electron chi connectivity index (χ2n) is 8.12. The third-order valence-corrected chi connectivity index (χ3v) is 7.22. The highest BCUT2D eigenvalue weighted by Gasteiger charge is 2.52. The predicted molar refractivity (Wildman–Crippen MR) is 119 cm³/mol. The highest BCUT2D eigenvalue weighted by atomic mass is 35.5. The molecule has 0 radical (unpaired) electrons. The summed E-state index contributed by atoms with van der Waals surface area (Å²) < 4.78 is 36.3. The van der Waals surface area contributed by atoms with Crippen molar-refractivity contribution in [3.63, 3.8) is 0 Å². The first-order valence-corrected chi connectivity index (χ1v) is 11.5. The van der Waals surface area contributed by atoms with Crippen LogP contribution < -0.4 is 11.4 Å². The molecule has 5 rings (SSSR count). The average Bonchev–Trinajstić information content (AvgIpc) is 3.32. The number of halogens is 3. The minimum absolute atomic E-state index is 0.0187. The van der Waals surface area contributed by atoms with Gasteiger partial charge in [-0.25, -0.2) is 13.6 Å². The molecular formula is C22H21ClF2N4O2S. The molecule has 0 amide bonds. The number of fused-ring (bicyclic) bond motifs is 1. The van der Waals surface area contributed by atoms with Gasteiger partial charge in [-0.2, -0.15) is 4.98 Å². The summed E-state index contributed by atoms with van der Waals surface area (Å²) in [5.41, 5.74) is 6.87. The zero-order valence-electron chi connectivity index (χ0n) is 17.0. The number of hydrogen-bond acceptors (Lipinski definition) is 6. The first-order valence-electron chi connectivity index (χ1n) is 10.3.